The molecule has 1 aromatic rings. The van der Waals surface area contributed by atoms with E-state index < -0.39 is 0 Å². The molecule has 0 unspecified atom stereocenters. The Bertz CT molecular complexity index is 333. The zero-order chi connectivity index (χ0) is 12.5. The molecule has 4 heteroatoms. The Morgan fingerprint density at radius 1 is 1.35 bits per heavy atom. The van der Waals surface area contributed by atoms with Gasteiger partial charge >= 0.3 is 0 Å². The number of benzene rings is 1. The van der Waals surface area contributed by atoms with Crippen LogP contribution in [0.5, 0.6) is 5.75 Å². The molecule has 17 heavy (non-hydrogen) atoms. The maximum Gasteiger partial charge on any atom is 0.165 e. The maximum absolute atomic E-state index is 13.5. The molecule has 0 amide bonds. The Hall–Kier alpha value is -0.800. The average molecular weight is 260 g/mol. The van der Waals surface area contributed by atoms with Gasteiger partial charge in [-0.2, -0.15) is 0 Å². The van der Waals surface area contributed by atoms with Crippen LogP contribution in [0.15, 0.2) is 18.2 Å². The lowest BCUT2D eigenvalue weighted by molar-refractivity contribution is 0.321. The zero-order valence-corrected chi connectivity index (χ0v) is 10.9. The highest BCUT2D eigenvalue weighted by molar-refractivity contribution is 6.17. The Kier molecular flexibility index (Phi) is 6.97. The Morgan fingerprint density at radius 3 is 2.82 bits per heavy atom. The van der Waals surface area contributed by atoms with Crippen LogP contribution in [0.25, 0.3) is 0 Å². The van der Waals surface area contributed by atoms with Crippen molar-refractivity contribution in [1.82, 2.24) is 5.32 Å². The highest BCUT2D eigenvalue weighted by atomic mass is 35.5. The summed E-state index contributed by atoms with van der Waals surface area (Å²) in [7, 11) is 0. The molecule has 0 aliphatic carbocycles. The van der Waals surface area contributed by atoms with Crippen molar-refractivity contribution < 1.29 is 9.13 Å². The van der Waals surface area contributed by atoms with Crippen molar-refractivity contribution in [2.45, 2.75) is 19.8 Å². The Balaban J connectivity index is 2.36. The maximum atomic E-state index is 13.5. The SMILES string of the molecule is CCOc1ccc(CCNCCCCl)cc1F. The molecular weight excluding hydrogens is 241 g/mol. The molecular formula is C13H19ClFNO. The molecule has 2 nitrogen and oxygen atoms in total. The van der Waals surface area contributed by atoms with E-state index in [1.807, 2.05) is 13.0 Å². The van der Waals surface area contributed by atoms with Crippen molar-refractivity contribution in [2.75, 3.05) is 25.6 Å². The van der Waals surface area contributed by atoms with Gasteiger partial charge in [0.1, 0.15) is 0 Å². The normalized spacial score (nSPS) is 10.5. The van der Waals surface area contributed by atoms with Crippen molar-refractivity contribution in [2.24, 2.45) is 0 Å². The van der Waals surface area contributed by atoms with Crippen LogP contribution in [0.3, 0.4) is 0 Å². The topological polar surface area (TPSA) is 21.3 Å². The summed E-state index contributed by atoms with van der Waals surface area (Å²) in [6.07, 6.45) is 1.77. The summed E-state index contributed by atoms with van der Waals surface area (Å²) < 4.78 is 18.6. The van der Waals surface area contributed by atoms with Crippen molar-refractivity contribution in [3.05, 3.63) is 29.6 Å². The molecule has 0 aromatic heterocycles. The fourth-order valence-electron chi connectivity index (χ4n) is 1.52. The smallest absolute Gasteiger partial charge is 0.165 e. The summed E-state index contributed by atoms with van der Waals surface area (Å²) in [6.45, 7) is 4.07. The second kappa shape index (κ2) is 8.31. The summed E-state index contributed by atoms with van der Waals surface area (Å²) in [4.78, 5) is 0. The van der Waals surface area contributed by atoms with E-state index in [1.54, 1.807) is 6.07 Å². The number of ether oxygens (including phenoxy) is 1. The molecule has 0 fully saturated rings. The molecule has 96 valence electrons. The van der Waals surface area contributed by atoms with Gasteiger partial charge in [-0.15, -0.1) is 11.6 Å². The minimum Gasteiger partial charge on any atom is -0.491 e. The van der Waals surface area contributed by atoms with Crippen LogP contribution in [0.4, 0.5) is 4.39 Å². The predicted octanol–water partition coefficient (Wildman–Crippen LogP) is 2.99. The van der Waals surface area contributed by atoms with E-state index >= 15 is 0 Å². The van der Waals surface area contributed by atoms with Gasteiger partial charge in [-0.1, -0.05) is 6.07 Å². The molecule has 1 rings (SSSR count). The average Bonchev–Trinajstić information content (AvgIpc) is 2.32. The van der Waals surface area contributed by atoms with Gasteiger partial charge in [0.2, 0.25) is 0 Å². The van der Waals surface area contributed by atoms with Crippen molar-refractivity contribution >= 4 is 11.6 Å². The van der Waals surface area contributed by atoms with Crippen molar-refractivity contribution in [3.8, 4) is 5.75 Å². The van der Waals surface area contributed by atoms with E-state index in [9.17, 15) is 4.39 Å². The molecule has 0 spiro atoms. The van der Waals surface area contributed by atoms with Crippen LogP contribution in [0, 0.1) is 5.82 Å². The number of hydrogen-bond acceptors (Lipinski definition) is 2. The third-order valence-corrected chi connectivity index (χ3v) is 2.64. The highest BCUT2D eigenvalue weighted by Gasteiger charge is 2.03. The monoisotopic (exact) mass is 259 g/mol. The molecule has 0 saturated heterocycles. The molecule has 0 radical (unpaired) electrons. The summed E-state index contributed by atoms with van der Waals surface area (Å²) in [6, 6.07) is 5.12. The lowest BCUT2D eigenvalue weighted by Crippen LogP contribution is -2.18. The lowest BCUT2D eigenvalue weighted by Gasteiger charge is -2.07. The fourth-order valence-corrected chi connectivity index (χ4v) is 1.66. The van der Waals surface area contributed by atoms with Gasteiger partial charge < -0.3 is 10.1 Å². The van der Waals surface area contributed by atoms with Gasteiger partial charge in [0.15, 0.2) is 11.6 Å². The van der Waals surface area contributed by atoms with Crippen LogP contribution in [0.1, 0.15) is 18.9 Å². The van der Waals surface area contributed by atoms with Gasteiger partial charge in [-0.3, -0.25) is 0 Å². The molecule has 0 heterocycles. The van der Waals surface area contributed by atoms with E-state index in [1.165, 1.54) is 6.07 Å². The Labute approximate surface area is 107 Å². The molecule has 0 aliphatic rings. The number of rotatable bonds is 8. The first-order valence-corrected chi connectivity index (χ1v) is 6.49. The number of alkyl halides is 1. The minimum atomic E-state index is -0.287. The van der Waals surface area contributed by atoms with Gasteiger partial charge in [-0.05, 0) is 50.6 Å². The van der Waals surface area contributed by atoms with Gasteiger partial charge in [0, 0.05) is 5.88 Å². The Morgan fingerprint density at radius 2 is 2.18 bits per heavy atom. The van der Waals surface area contributed by atoms with Crippen LogP contribution < -0.4 is 10.1 Å². The first-order chi connectivity index (χ1) is 8.27. The summed E-state index contributed by atoms with van der Waals surface area (Å²) >= 11 is 5.56. The zero-order valence-electron chi connectivity index (χ0n) is 10.1. The fraction of sp³-hybridized carbons (Fsp3) is 0.538. The standard InChI is InChI=1S/C13H19ClFNO/c1-2-17-13-5-4-11(10-12(13)15)6-9-16-8-3-7-14/h4-5,10,16H,2-3,6-9H2,1H3. The van der Waals surface area contributed by atoms with E-state index in [4.69, 9.17) is 16.3 Å². The van der Waals surface area contributed by atoms with E-state index in [0.29, 0.717) is 18.2 Å². The highest BCUT2D eigenvalue weighted by Crippen LogP contribution is 2.18. The van der Waals surface area contributed by atoms with Crippen LogP contribution in [-0.2, 0) is 6.42 Å². The van der Waals surface area contributed by atoms with Crippen LogP contribution >= 0.6 is 11.6 Å². The van der Waals surface area contributed by atoms with Crippen LogP contribution in [-0.4, -0.2) is 25.6 Å². The first-order valence-electron chi connectivity index (χ1n) is 5.95. The van der Waals surface area contributed by atoms with E-state index in [0.717, 1.165) is 31.5 Å². The second-order valence-corrected chi connectivity index (χ2v) is 4.12. The number of nitrogens with one attached hydrogen (secondary N) is 1. The molecule has 0 saturated carbocycles. The predicted molar refractivity (Wildman–Crippen MR) is 69.5 cm³/mol. The van der Waals surface area contributed by atoms with Crippen molar-refractivity contribution in [3.63, 3.8) is 0 Å². The summed E-state index contributed by atoms with van der Waals surface area (Å²) in [5.74, 6) is 0.710. The molecule has 1 N–H and O–H groups in total. The van der Waals surface area contributed by atoms with Gasteiger partial charge in [0.05, 0.1) is 6.61 Å². The summed E-state index contributed by atoms with van der Waals surface area (Å²) in [5, 5.41) is 3.26. The van der Waals surface area contributed by atoms with Crippen LogP contribution in [0.2, 0.25) is 0 Å². The molecule has 1 aromatic carbocycles. The molecule has 0 bridgehead atoms. The van der Waals surface area contributed by atoms with Gasteiger partial charge in [0.25, 0.3) is 0 Å². The molecule has 0 atom stereocenters. The summed E-state index contributed by atoms with van der Waals surface area (Å²) in [5.41, 5.74) is 0.976. The third kappa shape index (κ3) is 5.37. The minimum absolute atomic E-state index is 0.287. The van der Waals surface area contributed by atoms with Gasteiger partial charge in [-0.25, -0.2) is 4.39 Å². The van der Waals surface area contributed by atoms with E-state index in [-0.39, 0.29) is 5.82 Å². The number of hydrogen-bond donors (Lipinski definition) is 1. The van der Waals surface area contributed by atoms with E-state index in [2.05, 4.69) is 5.32 Å². The second-order valence-electron chi connectivity index (χ2n) is 3.74. The third-order valence-electron chi connectivity index (χ3n) is 2.37. The quantitative estimate of drug-likeness (QED) is 0.572. The molecule has 0 aliphatic heterocycles. The largest absolute Gasteiger partial charge is 0.491 e. The van der Waals surface area contributed by atoms with Crippen molar-refractivity contribution in [1.29, 1.82) is 0 Å². The number of halogens is 2. The first kappa shape index (κ1) is 14.3. The lowest BCUT2D eigenvalue weighted by atomic mass is 10.1.